The molecular formula is C16H14N6O5. The average Bonchev–Trinajstić information content (AvgIpc) is 2.62. The molecule has 0 unspecified atom stereocenters. The molecule has 0 spiro atoms. The van der Waals surface area contributed by atoms with Gasteiger partial charge in [-0.2, -0.15) is 4.98 Å². The molecule has 1 atom stereocenters. The zero-order valence-electron chi connectivity index (χ0n) is 13.7. The maximum Gasteiger partial charge on any atom is 0.326 e. The fourth-order valence-electron chi connectivity index (χ4n) is 2.34. The van der Waals surface area contributed by atoms with E-state index in [2.05, 4.69) is 25.3 Å². The summed E-state index contributed by atoms with van der Waals surface area (Å²) in [5.74, 6) is -2.18. The number of hydrogen-bond acceptors (Lipinski definition) is 8. The lowest BCUT2D eigenvalue weighted by atomic mass is 10.1. The van der Waals surface area contributed by atoms with Gasteiger partial charge in [0.25, 0.3) is 11.5 Å². The number of carboxylic acid groups (broad SMARTS) is 1. The number of carboxylic acids is 1. The van der Waals surface area contributed by atoms with Crippen molar-refractivity contribution in [1.82, 2.24) is 25.3 Å². The molecule has 0 radical (unpaired) electrons. The molecule has 0 aliphatic heterocycles. The molecule has 2 aromatic heterocycles. The number of aromatic amines is 1. The number of aromatic nitrogens is 4. The molecule has 0 aliphatic carbocycles. The number of nitrogens with two attached hydrogens (primary N) is 1. The zero-order valence-corrected chi connectivity index (χ0v) is 13.7. The molecule has 6 N–H and O–H groups in total. The SMILES string of the molecule is Nc1nc2nc(C(=O)N[C@@H](Cc3ccc(O)cc3)C(=O)O)cnc2c(=O)[nH]1. The Balaban J connectivity index is 1.83. The quantitative estimate of drug-likeness (QED) is 0.392. The normalized spacial score (nSPS) is 11.9. The lowest BCUT2D eigenvalue weighted by Gasteiger charge is -2.14. The minimum Gasteiger partial charge on any atom is -0.508 e. The van der Waals surface area contributed by atoms with Crippen molar-refractivity contribution >= 4 is 29.0 Å². The predicted molar refractivity (Wildman–Crippen MR) is 93.1 cm³/mol. The number of amides is 1. The Morgan fingerprint density at radius 1 is 1.22 bits per heavy atom. The molecule has 3 rings (SSSR count). The molecule has 11 nitrogen and oxygen atoms in total. The summed E-state index contributed by atoms with van der Waals surface area (Å²) in [4.78, 5) is 49.3. The Kier molecular flexibility index (Phi) is 4.66. The molecule has 1 amide bonds. The van der Waals surface area contributed by atoms with Gasteiger partial charge in [0.1, 0.15) is 17.5 Å². The maximum absolute atomic E-state index is 12.4. The molecule has 0 saturated heterocycles. The monoisotopic (exact) mass is 370 g/mol. The number of nitrogens with one attached hydrogen (secondary N) is 2. The van der Waals surface area contributed by atoms with Crippen LogP contribution in [0, 0.1) is 0 Å². The van der Waals surface area contributed by atoms with Crippen molar-refractivity contribution in [2.75, 3.05) is 5.73 Å². The summed E-state index contributed by atoms with van der Waals surface area (Å²) in [5, 5.41) is 21.0. The number of carbonyl (C=O) groups is 2. The van der Waals surface area contributed by atoms with E-state index in [4.69, 9.17) is 5.73 Å². The standard InChI is InChI=1S/C16H14N6O5/c17-16-21-12-11(14(25)22-16)18-6-10(19-12)13(24)20-9(15(26)27)5-7-1-3-8(23)4-2-7/h1-4,6,9,23H,5H2,(H,20,24)(H,26,27)(H3,17,19,21,22,25)/t9-/m0/s1. The average molecular weight is 370 g/mol. The molecule has 0 saturated carbocycles. The highest BCUT2D eigenvalue weighted by Crippen LogP contribution is 2.12. The van der Waals surface area contributed by atoms with Crippen LogP contribution in [0.4, 0.5) is 5.95 Å². The van der Waals surface area contributed by atoms with Gasteiger partial charge in [-0.25, -0.2) is 14.8 Å². The highest BCUT2D eigenvalue weighted by molar-refractivity contribution is 5.95. The number of aromatic hydroxyl groups is 1. The van der Waals surface area contributed by atoms with Gasteiger partial charge in [-0.3, -0.25) is 14.6 Å². The van der Waals surface area contributed by atoms with Gasteiger partial charge in [0, 0.05) is 6.42 Å². The number of fused-ring (bicyclic) bond motifs is 1. The van der Waals surface area contributed by atoms with E-state index in [-0.39, 0.29) is 35.0 Å². The molecule has 0 bridgehead atoms. The number of carbonyl (C=O) groups excluding carboxylic acids is 1. The van der Waals surface area contributed by atoms with Crippen LogP contribution in [0.5, 0.6) is 5.75 Å². The molecule has 3 aromatic rings. The van der Waals surface area contributed by atoms with E-state index in [0.29, 0.717) is 5.56 Å². The third-order valence-corrected chi connectivity index (χ3v) is 3.65. The van der Waals surface area contributed by atoms with Crippen LogP contribution in [-0.4, -0.2) is 48.1 Å². The minimum absolute atomic E-state index is 0.00672. The number of rotatable bonds is 5. The van der Waals surface area contributed by atoms with Crippen molar-refractivity contribution in [1.29, 1.82) is 0 Å². The number of phenols is 1. The van der Waals surface area contributed by atoms with E-state index in [0.717, 1.165) is 6.20 Å². The van der Waals surface area contributed by atoms with Crippen LogP contribution < -0.4 is 16.6 Å². The van der Waals surface area contributed by atoms with Gasteiger partial charge in [-0.15, -0.1) is 0 Å². The fraction of sp³-hybridized carbons (Fsp3) is 0.125. The molecule has 27 heavy (non-hydrogen) atoms. The van der Waals surface area contributed by atoms with Gasteiger partial charge in [-0.1, -0.05) is 12.1 Å². The van der Waals surface area contributed by atoms with Crippen LogP contribution in [0.1, 0.15) is 16.1 Å². The fourth-order valence-corrected chi connectivity index (χ4v) is 2.34. The number of nitrogens with zero attached hydrogens (tertiary/aromatic N) is 3. The number of phenolic OH excluding ortho intramolecular Hbond substituents is 1. The predicted octanol–water partition coefficient (Wildman–Crippen LogP) is -0.573. The van der Waals surface area contributed by atoms with Gasteiger partial charge < -0.3 is 21.3 Å². The Bertz CT molecular complexity index is 1080. The molecule has 138 valence electrons. The van der Waals surface area contributed by atoms with E-state index in [1.165, 1.54) is 12.1 Å². The summed E-state index contributed by atoms with van der Waals surface area (Å²) >= 11 is 0. The van der Waals surface area contributed by atoms with Crippen molar-refractivity contribution < 1.29 is 19.8 Å². The Morgan fingerprint density at radius 2 is 1.93 bits per heavy atom. The van der Waals surface area contributed by atoms with Crippen molar-refractivity contribution in [3.8, 4) is 5.75 Å². The Morgan fingerprint density at radius 3 is 2.59 bits per heavy atom. The van der Waals surface area contributed by atoms with E-state index in [9.17, 15) is 24.6 Å². The highest BCUT2D eigenvalue weighted by atomic mass is 16.4. The van der Waals surface area contributed by atoms with E-state index < -0.39 is 23.5 Å². The summed E-state index contributed by atoms with van der Waals surface area (Å²) in [7, 11) is 0. The summed E-state index contributed by atoms with van der Waals surface area (Å²) in [5.41, 5.74) is 5.00. The van der Waals surface area contributed by atoms with E-state index in [1.807, 2.05) is 0 Å². The molecular weight excluding hydrogens is 356 g/mol. The summed E-state index contributed by atoms with van der Waals surface area (Å²) in [6, 6.07) is 4.69. The van der Waals surface area contributed by atoms with Gasteiger partial charge in [0.05, 0.1) is 6.20 Å². The lowest BCUT2D eigenvalue weighted by molar-refractivity contribution is -0.139. The van der Waals surface area contributed by atoms with Crippen LogP contribution in [0.25, 0.3) is 11.2 Å². The van der Waals surface area contributed by atoms with Crippen LogP contribution in [0.3, 0.4) is 0 Å². The first kappa shape index (κ1) is 17.8. The third kappa shape index (κ3) is 3.98. The highest BCUT2D eigenvalue weighted by Gasteiger charge is 2.22. The number of aliphatic carboxylic acids is 1. The zero-order chi connectivity index (χ0) is 19.6. The first-order chi connectivity index (χ1) is 12.8. The van der Waals surface area contributed by atoms with Gasteiger partial charge in [0.2, 0.25) is 5.95 Å². The van der Waals surface area contributed by atoms with Crippen molar-refractivity contribution in [2.45, 2.75) is 12.5 Å². The van der Waals surface area contributed by atoms with Crippen molar-refractivity contribution in [2.24, 2.45) is 0 Å². The number of hydrogen-bond donors (Lipinski definition) is 5. The van der Waals surface area contributed by atoms with Crippen LogP contribution in [-0.2, 0) is 11.2 Å². The topological polar surface area (TPSA) is 184 Å². The van der Waals surface area contributed by atoms with Gasteiger partial charge in [-0.05, 0) is 17.7 Å². The van der Waals surface area contributed by atoms with Gasteiger partial charge in [0.15, 0.2) is 11.2 Å². The molecule has 0 aliphatic rings. The van der Waals surface area contributed by atoms with E-state index >= 15 is 0 Å². The second-order valence-corrected chi connectivity index (χ2v) is 5.61. The third-order valence-electron chi connectivity index (χ3n) is 3.65. The van der Waals surface area contributed by atoms with Crippen LogP contribution in [0.15, 0.2) is 35.3 Å². The molecule has 1 aromatic carbocycles. The number of anilines is 1. The molecule has 11 heteroatoms. The summed E-state index contributed by atoms with van der Waals surface area (Å²) < 4.78 is 0. The van der Waals surface area contributed by atoms with Crippen molar-refractivity contribution in [3.05, 3.63) is 52.1 Å². The second kappa shape index (κ2) is 7.07. The van der Waals surface area contributed by atoms with Crippen molar-refractivity contribution in [3.63, 3.8) is 0 Å². The lowest BCUT2D eigenvalue weighted by Crippen LogP contribution is -2.42. The Labute approximate surface area is 150 Å². The minimum atomic E-state index is -1.25. The first-order valence-corrected chi connectivity index (χ1v) is 7.67. The van der Waals surface area contributed by atoms with Crippen LogP contribution in [0.2, 0.25) is 0 Å². The summed E-state index contributed by atoms with van der Waals surface area (Å²) in [6.45, 7) is 0. The summed E-state index contributed by atoms with van der Waals surface area (Å²) in [6.07, 6.45) is 1.04. The smallest absolute Gasteiger partial charge is 0.326 e. The van der Waals surface area contributed by atoms with Crippen LogP contribution >= 0.6 is 0 Å². The van der Waals surface area contributed by atoms with Gasteiger partial charge >= 0.3 is 5.97 Å². The largest absolute Gasteiger partial charge is 0.508 e. The van der Waals surface area contributed by atoms with E-state index in [1.54, 1.807) is 12.1 Å². The molecule has 0 fully saturated rings. The second-order valence-electron chi connectivity index (χ2n) is 5.61. The maximum atomic E-state index is 12.4. The molecule has 2 heterocycles. The number of benzene rings is 1. The first-order valence-electron chi connectivity index (χ1n) is 7.67. The number of nitrogen functional groups attached to an aromatic ring is 1. The Hall–Kier alpha value is -4.02. The number of H-pyrrole nitrogens is 1.